The number of carbonyl (C=O) groups is 1. The Kier molecular flexibility index (Phi) is 7.40. The lowest BCUT2D eigenvalue weighted by Gasteiger charge is -2.32. The molecule has 1 aliphatic heterocycles. The molecule has 1 aromatic heterocycles. The number of hydrogen-bond acceptors (Lipinski definition) is 4. The molecular weight excluding hydrogens is 422 g/mol. The van der Waals surface area contributed by atoms with Crippen LogP contribution < -0.4 is 10.1 Å². The van der Waals surface area contributed by atoms with Crippen molar-refractivity contribution < 1.29 is 9.53 Å². The highest BCUT2D eigenvalue weighted by Crippen LogP contribution is 2.30. The monoisotopic (exact) mass is 449 g/mol. The minimum absolute atomic E-state index is 0.0217. The van der Waals surface area contributed by atoms with E-state index in [2.05, 4.69) is 21.3 Å². The van der Waals surface area contributed by atoms with Gasteiger partial charge in [-0.1, -0.05) is 48.0 Å². The predicted octanol–water partition coefficient (Wildman–Crippen LogP) is 4.86. The molecular formula is C26H28ClN3O2. The molecule has 0 radical (unpaired) electrons. The number of nitrogens with zero attached hydrogens (tertiary/aromatic N) is 2. The van der Waals surface area contributed by atoms with Crippen molar-refractivity contribution in [3.63, 3.8) is 0 Å². The van der Waals surface area contributed by atoms with Crippen molar-refractivity contribution >= 4 is 17.5 Å². The lowest BCUT2D eigenvalue weighted by molar-refractivity contribution is -0.127. The van der Waals surface area contributed by atoms with E-state index < -0.39 is 0 Å². The fraction of sp³-hybridized carbons (Fsp3) is 0.308. The van der Waals surface area contributed by atoms with Crippen LogP contribution in [0.5, 0.6) is 5.75 Å². The fourth-order valence-corrected chi connectivity index (χ4v) is 4.48. The summed E-state index contributed by atoms with van der Waals surface area (Å²) in [5.41, 5.74) is 2.90. The highest BCUT2D eigenvalue weighted by molar-refractivity contribution is 6.30. The number of para-hydroxylation sites is 1. The lowest BCUT2D eigenvalue weighted by atomic mass is 9.94. The highest BCUT2D eigenvalue weighted by Gasteiger charge is 2.29. The number of aromatic nitrogens is 1. The average Bonchev–Trinajstić information content (AvgIpc) is 2.83. The molecule has 1 unspecified atom stereocenters. The summed E-state index contributed by atoms with van der Waals surface area (Å²) in [5, 5.41) is 4.01. The summed E-state index contributed by atoms with van der Waals surface area (Å²) < 4.78 is 5.56. The molecule has 1 aliphatic rings. The molecule has 166 valence electrons. The van der Waals surface area contributed by atoms with Crippen LogP contribution in [-0.4, -0.2) is 36.0 Å². The number of likely N-dealkylation sites (tertiary alicyclic amines) is 1. The van der Waals surface area contributed by atoms with Crippen LogP contribution in [-0.2, 0) is 11.3 Å². The second-order valence-electron chi connectivity index (χ2n) is 8.12. The van der Waals surface area contributed by atoms with Crippen LogP contribution in [0.3, 0.4) is 0 Å². The zero-order valence-corrected chi connectivity index (χ0v) is 19.0. The number of amides is 1. The Morgan fingerprint density at radius 3 is 2.62 bits per heavy atom. The molecule has 1 fully saturated rings. The summed E-state index contributed by atoms with van der Waals surface area (Å²) in [6.07, 6.45) is 3.40. The fourth-order valence-electron chi connectivity index (χ4n) is 4.27. The van der Waals surface area contributed by atoms with Crippen LogP contribution in [0.2, 0.25) is 5.02 Å². The van der Waals surface area contributed by atoms with E-state index in [1.54, 1.807) is 13.3 Å². The highest BCUT2D eigenvalue weighted by atomic mass is 35.5. The van der Waals surface area contributed by atoms with Crippen LogP contribution >= 0.6 is 11.6 Å². The molecule has 1 atom stereocenters. The number of carbonyl (C=O) groups excluding carboxylic acids is 1. The maximum Gasteiger partial charge on any atom is 0.224 e. The number of benzene rings is 2. The van der Waals surface area contributed by atoms with Gasteiger partial charge in [0.2, 0.25) is 5.91 Å². The van der Waals surface area contributed by atoms with Crippen molar-refractivity contribution in [2.24, 2.45) is 5.92 Å². The molecule has 2 aromatic carbocycles. The largest absolute Gasteiger partial charge is 0.496 e. The van der Waals surface area contributed by atoms with Crippen molar-refractivity contribution in [3.05, 3.63) is 94.8 Å². The van der Waals surface area contributed by atoms with Crippen molar-refractivity contribution in [2.45, 2.75) is 25.4 Å². The Hall–Kier alpha value is -2.89. The smallest absolute Gasteiger partial charge is 0.224 e. The first-order valence-corrected chi connectivity index (χ1v) is 11.3. The van der Waals surface area contributed by atoms with Crippen LogP contribution in [0, 0.1) is 5.92 Å². The zero-order valence-electron chi connectivity index (χ0n) is 18.2. The van der Waals surface area contributed by atoms with E-state index in [4.69, 9.17) is 16.3 Å². The summed E-state index contributed by atoms with van der Waals surface area (Å²) in [7, 11) is 1.64. The van der Waals surface area contributed by atoms with Crippen molar-refractivity contribution in [1.82, 2.24) is 15.2 Å². The first kappa shape index (κ1) is 22.3. The van der Waals surface area contributed by atoms with Crippen LogP contribution in [0.15, 0.2) is 72.9 Å². The maximum absolute atomic E-state index is 13.2. The molecule has 3 aromatic rings. The first-order chi connectivity index (χ1) is 15.6. The molecule has 0 aliphatic carbocycles. The Balaban J connectivity index is 1.43. The maximum atomic E-state index is 13.2. The van der Waals surface area contributed by atoms with E-state index in [9.17, 15) is 4.79 Å². The number of halogens is 1. The van der Waals surface area contributed by atoms with E-state index in [-0.39, 0.29) is 17.9 Å². The van der Waals surface area contributed by atoms with E-state index >= 15 is 0 Å². The summed E-state index contributed by atoms with van der Waals surface area (Å²) in [6.45, 7) is 2.62. The Morgan fingerprint density at radius 1 is 1.12 bits per heavy atom. The third kappa shape index (κ3) is 5.47. The quantitative estimate of drug-likeness (QED) is 0.559. The van der Waals surface area contributed by atoms with Crippen LogP contribution in [0.4, 0.5) is 0 Å². The van der Waals surface area contributed by atoms with Crippen LogP contribution in [0.1, 0.15) is 35.7 Å². The topological polar surface area (TPSA) is 54.5 Å². The molecule has 2 heterocycles. The van der Waals surface area contributed by atoms with Gasteiger partial charge in [-0.2, -0.15) is 0 Å². The first-order valence-electron chi connectivity index (χ1n) is 10.9. The van der Waals surface area contributed by atoms with E-state index in [0.29, 0.717) is 0 Å². The van der Waals surface area contributed by atoms with Gasteiger partial charge in [-0.05, 0) is 61.8 Å². The van der Waals surface area contributed by atoms with Gasteiger partial charge in [0.15, 0.2) is 0 Å². The number of piperidine rings is 1. The molecule has 1 saturated heterocycles. The molecule has 1 N–H and O–H groups in total. The van der Waals surface area contributed by atoms with Gasteiger partial charge in [0, 0.05) is 29.2 Å². The van der Waals surface area contributed by atoms with Gasteiger partial charge in [0.05, 0.1) is 18.8 Å². The van der Waals surface area contributed by atoms with Gasteiger partial charge in [-0.15, -0.1) is 0 Å². The summed E-state index contributed by atoms with van der Waals surface area (Å²) in [4.78, 5) is 20.1. The SMILES string of the molecule is COc1ccccc1C(NC(=O)C1CCN(Cc2cccc(Cl)c2)CC1)c1ccccn1. The number of ether oxygens (including phenoxy) is 1. The van der Waals surface area contributed by atoms with Crippen molar-refractivity contribution in [1.29, 1.82) is 0 Å². The van der Waals surface area contributed by atoms with Crippen molar-refractivity contribution in [3.8, 4) is 5.75 Å². The van der Waals surface area contributed by atoms with Gasteiger partial charge < -0.3 is 10.1 Å². The molecule has 0 spiro atoms. The van der Waals surface area contributed by atoms with E-state index in [0.717, 1.165) is 54.5 Å². The van der Waals surface area contributed by atoms with E-state index in [1.807, 2.05) is 60.7 Å². The molecule has 5 nitrogen and oxygen atoms in total. The van der Waals surface area contributed by atoms with Crippen molar-refractivity contribution in [2.75, 3.05) is 20.2 Å². The molecule has 4 rings (SSSR count). The number of nitrogens with one attached hydrogen (secondary N) is 1. The molecule has 0 saturated carbocycles. The van der Waals surface area contributed by atoms with Gasteiger partial charge in [0.25, 0.3) is 0 Å². The average molecular weight is 450 g/mol. The number of rotatable bonds is 7. The number of methoxy groups -OCH3 is 1. The number of pyridine rings is 1. The zero-order chi connectivity index (χ0) is 22.3. The third-order valence-corrected chi connectivity index (χ3v) is 6.21. The number of hydrogen-bond donors (Lipinski definition) is 1. The lowest BCUT2D eigenvalue weighted by Crippen LogP contribution is -2.41. The minimum atomic E-state index is -0.357. The molecule has 32 heavy (non-hydrogen) atoms. The van der Waals surface area contributed by atoms with E-state index in [1.165, 1.54) is 5.56 Å². The van der Waals surface area contributed by atoms with Gasteiger partial charge in [-0.3, -0.25) is 14.7 Å². The van der Waals surface area contributed by atoms with Gasteiger partial charge in [0.1, 0.15) is 5.75 Å². The molecule has 1 amide bonds. The summed E-state index contributed by atoms with van der Waals surface area (Å²) in [6, 6.07) is 21.1. The standard InChI is InChI=1S/C26H28ClN3O2/c1-32-24-11-3-2-9-22(24)25(23-10-4-5-14-28-23)29-26(31)20-12-15-30(16-13-20)18-19-7-6-8-21(27)17-19/h2-11,14,17,20,25H,12-13,15-16,18H2,1H3,(H,29,31). The molecule has 0 bridgehead atoms. The Labute approximate surface area is 194 Å². The molecule has 6 heteroatoms. The van der Waals surface area contributed by atoms with Gasteiger partial charge >= 0.3 is 0 Å². The summed E-state index contributed by atoms with van der Waals surface area (Å²) >= 11 is 6.11. The normalized spacial score (nSPS) is 15.8. The minimum Gasteiger partial charge on any atom is -0.496 e. The van der Waals surface area contributed by atoms with Crippen LogP contribution in [0.25, 0.3) is 0 Å². The van der Waals surface area contributed by atoms with Gasteiger partial charge in [-0.25, -0.2) is 0 Å². The second-order valence-corrected chi connectivity index (χ2v) is 8.55. The third-order valence-electron chi connectivity index (χ3n) is 5.97. The Morgan fingerprint density at radius 2 is 1.91 bits per heavy atom. The predicted molar refractivity (Wildman–Crippen MR) is 127 cm³/mol. The second kappa shape index (κ2) is 10.6. The summed E-state index contributed by atoms with van der Waals surface area (Å²) in [5.74, 6) is 0.778. The Bertz CT molecular complexity index is 1040.